The molecule has 25 heavy (non-hydrogen) atoms. The van der Waals surface area contributed by atoms with E-state index in [1.165, 1.54) is 21.3 Å². The van der Waals surface area contributed by atoms with Crippen LogP contribution in [-0.2, 0) is 18.3 Å². The van der Waals surface area contributed by atoms with Gasteiger partial charge in [0, 0.05) is 24.9 Å². The summed E-state index contributed by atoms with van der Waals surface area (Å²) >= 11 is 5.92. The van der Waals surface area contributed by atoms with Crippen molar-refractivity contribution in [1.82, 2.24) is 0 Å². The van der Waals surface area contributed by atoms with E-state index in [1.807, 2.05) is 0 Å². The van der Waals surface area contributed by atoms with Gasteiger partial charge >= 0.3 is 13.6 Å². The Labute approximate surface area is 151 Å². The van der Waals surface area contributed by atoms with E-state index >= 15 is 0 Å². The molecule has 0 amide bonds. The highest BCUT2D eigenvalue weighted by Crippen LogP contribution is 2.59. The van der Waals surface area contributed by atoms with Crippen molar-refractivity contribution in [3.8, 4) is 0 Å². The number of carbonyl (C=O) groups excluding carboxylic acids is 1. The molecule has 0 bridgehead atoms. The number of rotatable bonds is 7. The van der Waals surface area contributed by atoms with Crippen LogP contribution in [0.3, 0.4) is 0 Å². The minimum atomic E-state index is -3.48. The molecule has 6 nitrogen and oxygen atoms in total. The molecule has 0 radical (unpaired) electrons. The summed E-state index contributed by atoms with van der Waals surface area (Å²) < 4.78 is 27.9. The van der Waals surface area contributed by atoms with Crippen molar-refractivity contribution in [2.75, 3.05) is 26.6 Å². The van der Waals surface area contributed by atoms with Crippen LogP contribution in [-0.4, -0.2) is 27.3 Å². The molecule has 0 fully saturated rings. The van der Waals surface area contributed by atoms with E-state index in [0.717, 1.165) is 0 Å². The highest BCUT2D eigenvalue weighted by molar-refractivity contribution is 7.54. The van der Waals surface area contributed by atoms with Crippen LogP contribution in [0.15, 0.2) is 48.5 Å². The highest BCUT2D eigenvalue weighted by Gasteiger charge is 2.35. The smallest absolute Gasteiger partial charge is 0.356 e. The number of hydrogen-bond acceptors (Lipinski definition) is 6. The van der Waals surface area contributed by atoms with Crippen molar-refractivity contribution in [2.45, 2.75) is 5.78 Å². The van der Waals surface area contributed by atoms with E-state index in [2.05, 4.69) is 10.1 Å². The summed E-state index contributed by atoms with van der Waals surface area (Å²) in [6.07, 6.45) is 0. The van der Waals surface area contributed by atoms with Gasteiger partial charge in [-0.25, -0.2) is 4.79 Å². The Morgan fingerprint density at radius 2 is 1.56 bits per heavy atom. The third kappa shape index (κ3) is 4.61. The summed E-state index contributed by atoms with van der Waals surface area (Å²) in [5.74, 6) is -1.18. The minimum absolute atomic E-state index is 0.415. The van der Waals surface area contributed by atoms with E-state index in [4.69, 9.17) is 20.6 Å². The second-order valence-electron chi connectivity index (χ2n) is 5.07. The second-order valence-corrected chi connectivity index (χ2v) is 7.84. The molecule has 0 unspecified atom stereocenters. The first kappa shape index (κ1) is 19.5. The summed E-state index contributed by atoms with van der Waals surface area (Å²) in [5.41, 5.74) is 1.74. The van der Waals surface area contributed by atoms with Crippen LogP contribution in [0, 0.1) is 0 Å². The molecule has 1 atom stereocenters. The number of halogens is 1. The zero-order valence-electron chi connectivity index (χ0n) is 14.1. The molecule has 0 aromatic heterocycles. The number of esters is 1. The fourth-order valence-corrected chi connectivity index (χ4v) is 3.79. The van der Waals surface area contributed by atoms with Crippen molar-refractivity contribution in [3.63, 3.8) is 0 Å². The summed E-state index contributed by atoms with van der Waals surface area (Å²) in [5, 5.41) is 3.70. The van der Waals surface area contributed by atoms with Crippen LogP contribution >= 0.6 is 19.2 Å². The maximum absolute atomic E-state index is 12.9. The first-order chi connectivity index (χ1) is 11.9. The molecule has 0 spiro atoms. The third-order valence-corrected chi connectivity index (χ3v) is 5.95. The highest BCUT2D eigenvalue weighted by atomic mass is 35.5. The van der Waals surface area contributed by atoms with Gasteiger partial charge in [-0.1, -0.05) is 23.7 Å². The standard InChI is InChI=1S/C17H19ClNO5P/c1-22-17(20)13-6-10-15(11-7-13)19-16(25(21,23-2)24-3)12-4-8-14(18)9-5-12/h4-11,16,19H,1-3H3/t16-/m1/s1. The quantitative estimate of drug-likeness (QED) is 0.550. The molecule has 2 aromatic carbocycles. The maximum atomic E-state index is 12.9. The maximum Gasteiger partial charge on any atom is 0.356 e. The summed E-state index contributed by atoms with van der Waals surface area (Å²) in [6, 6.07) is 13.5. The van der Waals surface area contributed by atoms with Gasteiger partial charge in [0.25, 0.3) is 0 Å². The zero-order valence-corrected chi connectivity index (χ0v) is 15.7. The van der Waals surface area contributed by atoms with Crippen molar-refractivity contribution in [2.24, 2.45) is 0 Å². The Morgan fingerprint density at radius 1 is 1.00 bits per heavy atom. The summed E-state index contributed by atoms with van der Waals surface area (Å²) in [6.45, 7) is 0. The van der Waals surface area contributed by atoms with Crippen molar-refractivity contribution >= 4 is 30.9 Å². The molecule has 0 aliphatic carbocycles. The van der Waals surface area contributed by atoms with Crippen LogP contribution in [0.5, 0.6) is 0 Å². The first-order valence-corrected chi connectivity index (χ1v) is 9.34. The average molecular weight is 384 g/mol. The van der Waals surface area contributed by atoms with Gasteiger partial charge in [-0.3, -0.25) is 4.57 Å². The number of benzene rings is 2. The predicted octanol–water partition coefficient (Wildman–Crippen LogP) is 4.72. The van der Waals surface area contributed by atoms with E-state index in [0.29, 0.717) is 21.8 Å². The molecule has 134 valence electrons. The Morgan fingerprint density at radius 3 is 2.04 bits per heavy atom. The molecule has 0 saturated carbocycles. The van der Waals surface area contributed by atoms with Gasteiger partial charge in [0.05, 0.1) is 12.7 Å². The van der Waals surface area contributed by atoms with E-state index in [-0.39, 0.29) is 0 Å². The molecule has 2 aromatic rings. The Bertz CT molecular complexity index is 756. The van der Waals surface area contributed by atoms with Gasteiger partial charge in [0.1, 0.15) is 0 Å². The van der Waals surface area contributed by atoms with Gasteiger partial charge in [-0.05, 0) is 42.0 Å². The van der Waals surface area contributed by atoms with Crippen LogP contribution in [0.4, 0.5) is 5.69 Å². The largest absolute Gasteiger partial charge is 0.465 e. The normalized spacial score (nSPS) is 12.5. The van der Waals surface area contributed by atoms with E-state index in [1.54, 1.807) is 48.5 Å². The summed E-state index contributed by atoms with van der Waals surface area (Å²) in [4.78, 5) is 11.5. The number of ether oxygens (including phenoxy) is 1. The first-order valence-electron chi connectivity index (χ1n) is 7.35. The van der Waals surface area contributed by atoms with Crippen LogP contribution in [0.2, 0.25) is 5.02 Å². The van der Waals surface area contributed by atoms with Crippen molar-refractivity contribution < 1.29 is 23.1 Å². The van der Waals surface area contributed by atoms with Crippen molar-refractivity contribution in [3.05, 3.63) is 64.7 Å². The van der Waals surface area contributed by atoms with Crippen LogP contribution in [0.1, 0.15) is 21.7 Å². The predicted molar refractivity (Wildman–Crippen MR) is 97.2 cm³/mol. The number of nitrogens with one attached hydrogen (secondary N) is 1. The second kappa shape index (κ2) is 8.50. The molecular formula is C17H19ClNO5P. The van der Waals surface area contributed by atoms with Gasteiger partial charge in [-0.2, -0.15) is 0 Å². The monoisotopic (exact) mass is 383 g/mol. The molecule has 0 heterocycles. The molecule has 8 heteroatoms. The molecular weight excluding hydrogens is 365 g/mol. The average Bonchev–Trinajstić information content (AvgIpc) is 2.66. The Balaban J connectivity index is 2.34. The number of anilines is 1. The zero-order chi connectivity index (χ0) is 18.4. The number of methoxy groups -OCH3 is 1. The van der Waals surface area contributed by atoms with Gasteiger partial charge in [0.2, 0.25) is 0 Å². The molecule has 0 saturated heterocycles. The molecule has 2 rings (SSSR count). The van der Waals surface area contributed by atoms with E-state index in [9.17, 15) is 9.36 Å². The lowest BCUT2D eigenvalue weighted by Gasteiger charge is -2.26. The lowest BCUT2D eigenvalue weighted by Crippen LogP contribution is -2.13. The molecule has 0 aliphatic rings. The van der Waals surface area contributed by atoms with Gasteiger partial charge in [-0.15, -0.1) is 0 Å². The number of hydrogen-bond donors (Lipinski definition) is 1. The number of carbonyl (C=O) groups is 1. The van der Waals surface area contributed by atoms with Crippen LogP contribution < -0.4 is 5.32 Å². The summed E-state index contributed by atoms with van der Waals surface area (Å²) in [7, 11) is 0.499. The van der Waals surface area contributed by atoms with E-state index < -0.39 is 19.3 Å². The fourth-order valence-electron chi connectivity index (χ4n) is 2.25. The lowest BCUT2D eigenvalue weighted by molar-refractivity contribution is 0.0600. The molecule has 0 aliphatic heterocycles. The Hall–Kier alpha value is -1.85. The van der Waals surface area contributed by atoms with Crippen molar-refractivity contribution in [1.29, 1.82) is 0 Å². The molecule has 1 N–H and O–H groups in total. The Kier molecular flexibility index (Phi) is 6.62. The fraction of sp³-hybridized carbons (Fsp3) is 0.235. The third-order valence-electron chi connectivity index (χ3n) is 3.62. The lowest BCUT2D eigenvalue weighted by atomic mass is 10.2. The SMILES string of the molecule is COC(=O)c1ccc(N[C@@H](c2ccc(Cl)cc2)P(=O)(OC)OC)cc1. The van der Waals surface area contributed by atoms with Gasteiger partial charge in [0.15, 0.2) is 5.78 Å². The van der Waals surface area contributed by atoms with Gasteiger partial charge < -0.3 is 19.1 Å². The topological polar surface area (TPSA) is 73.9 Å². The minimum Gasteiger partial charge on any atom is -0.465 e. The van der Waals surface area contributed by atoms with Crippen LogP contribution in [0.25, 0.3) is 0 Å².